The highest BCUT2D eigenvalue weighted by molar-refractivity contribution is 5.66. The molecule has 0 saturated carbocycles. The predicted molar refractivity (Wildman–Crippen MR) is 61.6 cm³/mol. The highest BCUT2D eigenvalue weighted by Gasteiger charge is 2.15. The summed E-state index contributed by atoms with van der Waals surface area (Å²) < 4.78 is 6.74. The lowest BCUT2D eigenvalue weighted by atomic mass is 10.0. The first-order valence-corrected chi connectivity index (χ1v) is 5.58. The van der Waals surface area contributed by atoms with Crippen LogP contribution in [0, 0.1) is 5.92 Å². The molecule has 0 spiro atoms. The van der Waals surface area contributed by atoms with Gasteiger partial charge in [0.05, 0.1) is 11.8 Å². The second kappa shape index (κ2) is 4.99. The number of hydrogen-bond donors (Lipinski definition) is 1. The highest BCUT2D eigenvalue weighted by atomic mass is 16.5. The van der Waals surface area contributed by atoms with E-state index in [-0.39, 0.29) is 12.3 Å². The Bertz CT molecular complexity index is 546. The van der Waals surface area contributed by atoms with Crippen LogP contribution in [0.3, 0.4) is 0 Å². The lowest BCUT2D eigenvalue weighted by Crippen LogP contribution is -2.07. The fraction of sp³-hybridized carbons (Fsp3) is 0.455. The molecule has 2 aromatic rings. The summed E-state index contributed by atoms with van der Waals surface area (Å²) in [6.07, 6.45) is 3.98. The summed E-state index contributed by atoms with van der Waals surface area (Å²) in [5.41, 5.74) is 0.776. The van der Waals surface area contributed by atoms with Crippen molar-refractivity contribution in [2.75, 3.05) is 0 Å². The Kier molecular flexibility index (Phi) is 3.40. The summed E-state index contributed by atoms with van der Waals surface area (Å²) in [4.78, 5) is 14.8. The SMILES string of the molecule is CC(CC(=O)O)Cc1nc(-c2cnn(C)c2)no1. The monoisotopic (exact) mass is 250 g/mol. The van der Waals surface area contributed by atoms with Gasteiger partial charge in [0.2, 0.25) is 11.7 Å². The zero-order valence-corrected chi connectivity index (χ0v) is 10.2. The zero-order valence-electron chi connectivity index (χ0n) is 10.2. The largest absolute Gasteiger partial charge is 0.481 e. The fourth-order valence-electron chi connectivity index (χ4n) is 1.66. The normalized spacial score (nSPS) is 12.6. The number of rotatable bonds is 5. The maximum absolute atomic E-state index is 10.6. The molecular weight excluding hydrogens is 236 g/mol. The molecule has 0 aliphatic carbocycles. The average molecular weight is 250 g/mol. The van der Waals surface area contributed by atoms with E-state index in [1.165, 1.54) is 0 Å². The van der Waals surface area contributed by atoms with Gasteiger partial charge in [0.25, 0.3) is 0 Å². The number of carbonyl (C=O) groups is 1. The lowest BCUT2D eigenvalue weighted by Gasteiger charge is -2.02. The van der Waals surface area contributed by atoms with Crippen molar-refractivity contribution >= 4 is 5.97 Å². The Morgan fingerprint density at radius 2 is 2.39 bits per heavy atom. The molecule has 2 rings (SSSR count). The molecule has 0 saturated heterocycles. The van der Waals surface area contributed by atoms with Crippen molar-refractivity contribution in [3.8, 4) is 11.4 Å². The van der Waals surface area contributed by atoms with Gasteiger partial charge in [-0.15, -0.1) is 0 Å². The quantitative estimate of drug-likeness (QED) is 0.854. The molecule has 7 heteroatoms. The third kappa shape index (κ3) is 2.93. The van der Waals surface area contributed by atoms with Crippen molar-refractivity contribution < 1.29 is 14.4 Å². The van der Waals surface area contributed by atoms with E-state index in [9.17, 15) is 4.79 Å². The van der Waals surface area contributed by atoms with Gasteiger partial charge in [-0.2, -0.15) is 10.1 Å². The smallest absolute Gasteiger partial charge is 0.303 e. The van der Waals surface area contributed by atoms with Crippen LogP contribution in [-0.2, 0) is 18.3 Å². The van der Waals surface area contributed by atoms with E-state index in [4.69, 9.17) is 9.63 Å². The molecule has 0 radical (unpaired) electrons. The van der Waals surface area contributed by atoms with Gasteiger partial charge < -0.3 is 9.63 Å². The Morgan fingerprint density at radius 1 is 1.61 bits per heavy atom. The Balaban J connectivity index is 2.04. The molecule has 2 heterocycles. The summed E-state index contributed by atoms with van der Waals surface area (Å²) >= 11 is 0. The minimum absolute atomic E-state index is 0.0373. The molecule has 0 bridgehead atoms. The van der Waals surface area contributed by atoms with Crippen LogP contribution >= 0.6 is 0 Å². The van der Waals surface area contributed by atoms with Gasteiger partial charge in [-0.1, -0.05) is 12.1 Å². The first kappa shape index (κ1) is 12.3. The predicted octanol–water partition coefficient (Wildman–Crippen LogP) is 1.12. The Hall–Kier alpha value is -2.18. The van der Waals surface area contributed by atoms with Crippen molar-refractivity contribution in [3.63, 3.8) is 0 Å². The molecule has 0 amide bonds. The summed E-state index contributed by atoms with van der Waals surface area (Å²) in [7, 11) is 1.80. The number of aryl methyl sites for hydroxylation is 1. The molecule has 2 aromatic heterocycles. The minimum atomic E-state index is -0.825. The van der Waals surface area contributed by atoms with Crippen molar-refractivity contribution in [1.82, 2.24) is 19.9 Å². The second-order valence-electron chi connectivity index (χ2n) is 4.32. The molecule has 96 valence electrons. The van der Waals surface area contributed by atoms with Gasteiger partial charge in [-0.3, -0.25) is 9.48 Å². The van der Waals surface area contributed by atoms with Gasteiger partial charge in [0.1, 0.15) is 0 Å². The maximum Gasteiger partial charge on any atom is 0.303 e. The summed E-state index contributed by atoms with van der Waals surface area (Å²) in [6, 6.07) is 0. The van der Waals surface area contributed by atoms with E-state index in [0.29, 0.717) is 18.1 Å². The number of aliphatic carboxylic acids is 1. The Labute approximate surface area is 103 Å². The summed E-state index contributed by atoms with van der Waals surface area (Å²) in [5, 5.41) is 16.5. The topological polar surface area (TPSA) is 94.0 Å². The van der Waals surface area contributed by atoms with Crippen LogP contribution in [0.15, 0.2) is 16.9 Å². The van der Waals surface area contributed by atoms with Crippen molar-refractivity contribution in [2.45, 2.75) is 19.8 Å². The van der Waals surface area contributed by atoms with Crippen LogP contribution < -0.4 is 0 Å². The first-order valence-electron chi connectivity index (χ1n) is 5.58. The molecule has 18 heavy (non-hydrogen) atoms. The Morgan fingerprint density at radius 3 is 3.00 bits per heavy atom. The van der Waals surface area contributed by atoms with Crippen molar-refractivity contribution in [1.29, 1.82) is 0 Å². The highest BCUT2D eigenvalue weighted by Crippen LogP contribution is 2.16. The van der Waals surface area contributed by atoms with E-state index in [2.05, 4.69) is 15.2 Å². The number of carboxylic acids is 1. The first-order chi connectivity index (χ1) is 8.54. The molecule has 1 atom stereocenters. The van der Waals surface area contributed by atoms with E-state index in [1.54, 1.807) is 24.1 Å². The molecule has 7 nitrogen and oxygen atoms in total. The molecule has 1 unspecified atom stereocenters. The van der Waals surface area contributed by atoms with E-state index < -0.39 is 5.97 Å². The number of hydrogen-bond acceptors (Lipinski definition) is 5. The van der Waals surface area contributed by atoms with E-state index >= 15 is 0 Å². The molecular formula is C11H14N4O3. The standard InChI is InChI=1S/C11H14N4O3/c1-7(4-10(16)17)3-9-13-11(14-18-9)8-5-12-15(2)6-8/h5-7H,3-4H2,1-2H3,(H,16,17). The molecule has 0 aliphatic heterocycles. The average Bonchev–Trinajstić information content (AvgIpc) is 2.85. The van der Waals surface area contributed by atoms with Crippen LogP contribution in [0.25, 0.3) is 11.4 Å². The van der Waals surface area contributed by atoms with Crippen LogP contribution in [0.2, 0.25) is 0 Å². The zero-order chi connectivity index (χ0) is 13.1. The van der Waals surface area contributed by atoms with Crippen LogP contribution in [-0.4, -0.2) is 31.0 Å². The van der Waals surface area contributed by atoms with Gasteiger partial charge in [-0.25, -0.2) is 0 Å². The third-order valence-electron chi connectivity index (χ3n) is 2.48. The van der Waals surface area contributed by atoms with Gasteiger partial charge in [0, 0.05) is 26.1 Å². The maximum atomic E-state index is 10.6. The number of nitrogens with zero attached hydrogens (tertiary/aromatic N) is 4. The number of carboxylic acid groups (broad SMARTS) is 1. The van der Waals surface area contributed by atoms with Crippen LogP contribution in [0.1, 0.15) is 19.2 Å². The van der Waals surface area contributed by atoms with Crippen molar-refractivity contribution in [2.24, 2.45) is 13.0 Å². The van der Waals surface area contributed by atoms with E-state index in [1.807, 2.05) is 6.92 Å². The van der Waals surface area contributed by atoms with Crippen LogP contribution in [0.4, 0.5) is 0 Å². The van der Waals surface area contributed by atoms with Crippen LogP contribution in [0.5, 0.6) is 0 Å². The fourth-order valence-corrected chi connectivity index (χ4v) is 1.66. The molecule has 0 aliphatic rings. The lowest BCUT2D eigenvalue weighted by molar-refractivity contribution is -0.137. The second-order valence-corrected chi connectivity index (χ2v) is 4.32. The third-order valence-corrected chi connectivity index (χ3v) is 2.48. The van der Waals surface area contributed by atoms with Gasteiger partial charge in [0.15, 0.2) is 0 Å². The van der Waals surface area contributed by atoms with Gasteiger partial charge >= 0.3 is 5.97 Å². The minimum Gasteiger partial charge on any atom is -0.481 e. The van der Waals surface area contributed by atoms with E-state index in [0.717, 1.165) is 5.56 Å². The number of aromatic nitrogens is 4. The molecule has 0 fully saturated rings. The van der Waals surface area contributed by atoms with Crippen molar-refractivity contribution in [3.05, 3.63) is 18.3 Å². The van der Waals surface area contributed by atoms with Gasteiger partial charge in [-0.05, 0) is 5.92 Å². The summed E-state index contributed by atoms with van der Waals surface area (Å²) in [5.74, 6) is 0.0578. The molecule has 0 aromatic carbocycles. The molecule has 1 N–H and O–H groups in total. The summed E-state index contributed by atoms with van der Waals surface area (Å²) in [6.45, 7) is 1.84.